The molecule has 6 heteroatoms. The Morgan fingerprint density at radius 2 is 2.12 bits per heavy atom. The van der Waals surface area contributed by atoms with Crippen molar-refractivity contribution in [1.82, 2.24) is 9.97 Å². The number of hydrogen-bond acceptors (Lipinski definition) is 5. The van der Waals surface area contributed by atoms with Crippen LogP contribution in [0.4, 0.5) is 5.82 Å². The van der Waals surface area contributed by atoms with Crippen molar-refractivity contribution in [2.24, 2.45) is 5.73 Å². The van der Waals surface area contributed by atoms with Gasteiger partial charge in [0, 0.05) is 24.8 Å². The molecule has 1 atom stereocenters. The highest BCUT2D eigenvalue weighted by Crippen LogP contribution is 2.24. The smallest absolute Gasteiger partial charge is 0.325 e. The van der Waals surface area contributed by atoms with E-state index in [1.54, 1.807) is 0 Å². The molecule has 92 valence electrons. The average Bonchev–Trinajstić information content (AvgIpc) is 2.39. The van der Waals surface area contributed by atoms with Crippen LogP contribution in [0.2, 0.25) is 0 Å². The van der Waals surface area contributed by atoms with Crippen LogP contribution in [-0.4, -0.2) is 34.1 Å². The van der Waals surface area contributed by atoms with Gasteiger partial charge in [-0.15, -0.1) is 0 Å². The van der Waals surface area contributed by atoms with Crippen molar-refractivity contribution < 1.29 is 9.90 Å². The zero-order valence-corrected chi connectivity index (χ0v) is 9.54. The van der Waals surface area contributed by atoms with Gasteiger partial charge in [-0.05, 0) is 19.3 Å². The maximum absolute atomic E-state index is 10.9. The molecular formula is C11H16N4O2. The first-order valence-electron chi connectivity index (χ1n) is 5.73. The highest BCUT2D eigenvalue weighted by atomic mass is 16.4. The van der Waals surface area contributed by atoms with Crippen molar-refractivity contribution in [2.75, 3.05) is 18.0 Å². The first kappa shape index (κ1) is 11.8. The highest BCUT2D eigenvalue weighted by molar-refractivity contribution is 5.77. The number of piperidine rings is 1. The summed E-state index contributed by atoms with van der Waals surface area (Å²) in [7, 11) is 0. The van der Waals surface area contributed by atoms with Crippen LogP contribution >= 0.6 is 0 Å². The van der Waals surface area contributed by atoms with Crippen LogP contribution in [0.1, 0.15) is 30.9 Å². The van der Waals surface area contributed by atoms with Gasteiger partial charge in [0.25, 0.3) is 0 Å². The Balaban J connectivity index is 2.29. The Kier molecular flexibility index (Phi) is 3.53. The fourth-order valence-electron chi connectivity index (χ4n) is 2.06. The van der Waals surface area contributed by atoms with Crippen LogP contribution < -0.4 is 10.6 Å². The second-order valence-corrected chi connectivity index (χ2v) is 4.17. The molecule has 2 rings (SSSR count). The molecular weight excluding hydrogens is 220 g/mol. The van der Waals surface area contributed by atoms with Crippen molar-refractivity contribution in [3.8, 4) is 0 Å². The summed E-state index contributed by atoms with van der Waals surface area (Å²) in [6, 6.07) is -1.06. The summed E-state index contributed by atoms with van der Waals surface area (Å²) in [6.07, 6.45) is 6.34. The molecule has 0 amide bonds. The summed E-state index contributed by atoms with van der Waals surface area (Å²) < 4.78 is 0. The molecule has 2 heterocycles. The molecule has 3 N–H and O–H groups in total. The summed E-state index contributed by atoms with van der Waals surface area (Å²) >= 11 is 0. The van der Waals surface area contributed by atoms with E-state index in [1.807, 2.05) is 0 Å². The van der Waals surface area contributed by atoms with Crippen molar-refractivity contribution in [3.63, 3.8) is 0 Å². The van der Waals surface area contributed by atoms with Crippen LogP contribution in [0.25, 0.3) is 0 Å². The largest absolute Gasteiger partial charge is 0.480 e. The van der Waals surface area contributed by atoms with Crippen LogP contribution in [0, 0.1) is 0 Å². The number of carboxylic acid groups (broad SMARTS) is 1. The number of nitrogens with zero attached hydrogens (tertiary/aromatic N) is 3. The third-order valence-electron chi connectivity index (χ3n) is 2.98. The van der Waals surface area contributed by atoms with Gasteiger partial charge in [-0.1, -0.05) is 0 Å². The Morgan fingerprint density at radius 3 is 2.76 bits per heavy atom. The quantitative estimate of drug-likeness (QED) is 0.796. The van der Waals surface area contributed by atoms with E-state index in [-0.39, 0.29) is 0 Å². The zero-order chi connectivity index (χ0) is 12.3. The normalized spacial score (nSPS) is 17.8. The number of nitrogens with two attached hydrogens (primary N) is 1. The minimum absolute atomic E-state index is 0.488. The second-order valence-electron chi connectivity index (χ2n) is 4.17. The maximum atomic E-state index is 10.9. The fourth-order valence-corrected chi connectivity index (χ4v) is 2.06. The highest BCUT2D eigenvalue weighted by Gasteiger charge is 2.23. The number of anilines is 1. The van der Waals surface area contributed by atoms with Gasteiger partial charge in [0.2, 0.25) is 0 Å². The standard InChI is InChI=1S/C11H16N4O2/c12-9(11(16)17)8-6-13-7-14-10(8)15-4-2-1-3-5-15/h6-7,9H,1-5,12H2,(H,16,17). The van der Waals surface area contributed by atoms with Crippen molar-refractivity contribution in [1.29, 1.82) is 0 Å². The molecule has 1 aromatic rings. The van der Waals surface area contributed by atoms with E-state index in [1.165, 1.54) is 18.9 Å². The molecule has 0 bridgehead atoms. The number of carbonyl (C=O) groups is 1. The molecule has 17 heavy (non-hydrogen) atoms. The number of rotatable bonds is 3. The molecule has 1 aromatic heterocycles. The van der Waals surface area contributed by atoms with Gasteiger partial charge in [-0.2, -0.15) is 0 Å². The molecule has 1 unspecified atom stereocenters. The van der Waals surface area contributed by atoms with Crippen molar-refractivity contribution >= 4 is 11.8 Å². The van der Waals surface area contributed by atoms with Gasteiger partial charge in [-0.3, -0.25) is 4.79 Å². The van der Waals surface area contributed by atoms with Crippen LogP contribution in [0.5, 0.6) is 0 Å². The number of aromatic nitrogens is 2. The van der Waals surface area contributed by atoms with E-state index in [2.05, 4.69) is 14.9 Å². The lowest BCUT2D eigenvalue weighted by Gasteiger charge is -2.29. The van der Waals surface area contributed by atoms with Gasteiger partial charge >= 0.3 is 5.97 Å². The zero-order valence-electron chi connectivity index (χ0n) is 9.54. The van der Waals surface area contributed by atoms with Gasteiger partial charge in [0.1, 0.15) is 18.2 Å². The topological polar surface area (TPSA) is 92.3 Å². The van der Waals surface area contributed by atoms with E-state index < -0.39 is 12.0 Å². The fraction of sp³-hybridized carbons (Fsp3) is 0.545. The van der Waals surface area contributed by atoms with E-state index in [9.17, 15) is 4.79 Å². The third kappa shape index (κ3) is 2.52. The number of carboxylic acids is 1. The number of hydrogen-bond donors (Lipinski definition) is 2. The van der Waals surface area contributed by atoms with Crippen LogP contribution in [0.3, 0.4) is 0 Å². The van der Waals surface area contributed by atoms with E-state index in [0.717, 1.165) is 25.9 Å². The second kappa shape index (κ2) is 5.09. The summed E-state index contributed by atoms with van der Waals surface area (Å²) in [5.74, 6) is -0.396. The molecule has 0 saturated carbocycles. The predicted octanol–water partition coefficient (Wildman–Crippen LogP) is 0.551. The first-order valence-corrected chi connectivity index (χ1v) is 5.73. The van der Waals surface area contributed by atoms with Crippen LogP contribution in [-0.2, 0) is 4.79 Å². The molecule has 1 saturated heterocycles. The minimum atomic E-state index is -1.06. The van der Waals surface area contributed by atoms with Crippen LogP contribution in [0.15, 0.2) is 12.5 Å². The van der Waals surface area contributed by atoms with Gasteiger partial charge in [0.05, 0.1) is 0 Å². The summed E-state index contributed by atoms with van der Waals surface area (Å²) in [5.41, 5.74) is 6.13. The average molecular weight is 236 g/mol. The molecule has 6 nitrogen and oxygen atoms in total. The SMILES string of the molecule is NC(C(=O)O)c1cncnc1N1CCCCC1. The van der Waals surface area contributed by atoms with Crippen molar-refractivity contribution in [3.05, 3.63) is 18.1 Å². The minimum Gasteiger partial charge on any atom is -0.480 e. The van der Waals surface area contributed by atoms with Crippen molar-refractivity contribution in [2.45, 2.75) is 25.3 Å². The number of aliphatic carboxylic acids is 1. The monoisotopic (exact) mass is 236 g/mol. The lowest BCUT2D eigenvalue weighted by molar-refractivity contribution is -0.138. The van der Waals surface area contributed by atoms with E-state index >= 15 is 0 Å². The third-order valence-corrected chi connectivity index (χ3v) is 2.98. The van der Waals surface area contributed by atoms with E-state index in [4.69, 9.17) is 10.8 Å². The lowest BCUT2D eigenvalue weighted by Crippen LogP contribution is -2.33. The molecule has 0 spiro atoms. The van der Waals surface area contributed by atoms with E-state index in [0.29, 0.717) is 11.4 Å². The Labute approximate surface area is 99.5 Å². The molecule has 0 radical (unpaired) electrons. The molecule has 0 aliphatic carbocycles. The molecule has 1 aliphatic heterocycles. The summed E-state index contributed by atoms with van der Waals surface area (Å²) in [4.78, 5) is 21.1. The maximum Gasteiger partial charge on any atom is 0.325 e. The Morgan fingerprint density at radius 1 is 1.41 bits per heavy atom. The molecule has 1 aliphatic rings. The lowest BCUT2D eigenvalue weighted by atomic mass is 10.1. The Hall–Kier alpha value is -1.69. The molecule has 1 fully saturated rings. The Bertz CT molecular complexity index is 404. The van der Waals surface area contributed by atoms with Gasteiger partial charge in [-0.25, -0.2) is 9.97 Å². The first-order chi connectivity index (χ1) is 8.20. The van der Waals surface area contributed by atoms with Gasteiger partial charge in [0.15, 0.2) is 0 Å². The summed E-state index contributed by atoms with van der Waals surface area (Å²) in [5, 5.41) is 8.96. The molecule has 0 aromatic carbocycles. The van der Waals surface area contributed by atoms with Gasteiger partial charge < -0.3 is 15.7 Å². The predicted molar refractivity (Wildman–Crippen MR) is 62.7 cm³/mol. The summed E-state index contributed by atoms with van der Waals surface area (Å²) in [6.45, 7) is 1.80.